The lowest BCUT2D eigenvalue weighted by Gasteiger charge is -2.10. The maximum Gasteiger partial charge on any atom is 0.435 e. The van der Waals surface area contributed by atoms with Crippen LogP contribution in [0.5, 0.6) is 0 Å². The van der Waals surface area contributed by atoms with Crippen LogP contribution in [0.4, 0.5) is 18.9 Å². The van der Waals surface area contributed by atoms with Gasteiger partial charge in [0.15, 0.2) is 11.3 Å². The molecule has 0 aliphatic carbocycles. The van der Waals surface area contributed by atoms with Gasteiger partial charge in [-0.1, -0.05) is 0 Å². The van der Waals surface area contributed by atoms with E-state index in [-0.39, 0.29) is 5.91 Å². The standard InChI is InChI=1S/C22H21F3N6O/c1-5-30-20-19(14(4)28-30)17(10-12(2)26-20)21(32)27-15-6-8-16(9-7-15)31-13(3)11-18(29-31)22(23,24)25/h6-11H,5H2,1-4H3,(H,27,32). The fourth-order valence-electron chi connectivity index (χ4n) is 3.64. The largest absolute Gasteiger partial charge is 0.435 e. The van der Waals surface area contributed by atoms with Gasteiger partial charge in [0.05, 0.1) is 22.3 Å². The maximum atomic E-state index is 13.0. The van der Waals surface area contributed by atoms with Crippen molar-refractivity contribution in [3.63, 3.8) is 0 Å². The third-order valence-electron chi connectivity index (χ3n) is 5.10. The molecule has 32 heavy (non-hydrogen) atoms. The quantitative estimate of drug-likeness (QED) is 0.491. The van der Waals surface area contributed by atoms with Crippen molar-refractivity contribution in [2.45, 2.75) is 40.4 Å². The molecule has 0 aliphatic heterocycles. The monoisotopic (exact) mass is 442 g/mol. The van der Waals surface area contributed by atoms with Crippen LogP contribution in [-0.4, -0.2) is 30.5 Å². The number of fused-ring (bicyclic) bond motifs is 1. The molecule has 7 nitrogen and oxygen atoms in total. The first-order valence-electron chi connectivity index (χ1n) is 9.99. The van der Waals surface area contributed by atoms with Crippen molar-refractivity contribution < 1.29 is 18.0 Å². The summed E-state index contributed by atoms with van der Waals surface area (Å²) in [6.07, 6.45) is -4.51. The van der Waals surface area contributed by atoms with Crippen LogP contribution in [0.15, 0.2) is 36.4 Å². The number of nitrogens with zero attached hydrogens (tertiary/aromatic N) is 5. The second-order valence-electron chi connectivity index (χ2n) is 7.49. The minimum absolute atomic E-state index is 0.318. The number of anilines is 1. The summed E-state index contributed by atoms with van der Waals surface area (Å²) < 4.78 is 41.7. The summed E-state index contributed by atoms with van der Waals surface area (Å²) in [6, 6.07) is 9.15. The number of aromatic nitrogens is 5. The van der Waals surface area contributed by atoms with Crippen molar-refractivity contribution in [2.75, 3.05) is 5.32 Å². The Balaban J connectivity index is 1.62. The van der Waals surface area contributed by atoms with Crippen molar-refractivity contribution in [3.05, 3.63) is 64.7 Å². The van der Waals surface area contributed by atoms with Gasteiger partial charge in [-0.25, -0.2) is 14.3 Å². The highest BCUT2D eigenvalue weighted by Crippen LogP contribution is 2.29. The van der Waals surface area contributed by atoms with Crippen molar-refractivity contribution in [1.29, 1.82) is 0 Å². The molecule has 1 N–H and O–H groups in total. The lowest BCUT2D eigenvalue weighted by molar-refractivity contribution is -0.141. The number of carbonyl (C=O) groups excluding carboxylic acids is 1. The molecule has 0 atom stereocenters. The molecule has 4 rings (SSSR count). The average Bonchev–Trinajstić information content (AvgIpc) is 3.28. The zero-order chi connectivity index (χ0) is 23.2. The van der Waals surface area contributed by atoms with Gasteiger partial charge in [0.2, 0.25) is 0 Å². The summed E-state index contributed by atoms with van der Waals surface area (Å²) in [6.45, 7) is 7.78. The van der Waals surface area contributed by atoms with E-state index in [0.29, 0.717) is 51.6 Å². The van der Waals surface area contributed by atoms with Crippen molar-refractivity contribution >= 4 is 22.6 Å². The molecule has 0 fully saturated rings. The Morgan fingerprint density at radius 3 is 2.34 bits per heavy atom. The Bertz CT molecular complexity index is 1320. The van der Waals surface area contributed by atoms with Crippen LogP contribution in [0.25, 0.3) is 16.7 Å². The molecular formula is C22H21F3N6O. The van der Waals surface area contributed by atoms with Crippen LogP contribution in [-0.2, 0) is 12.7 Å². The van der Waals surface area contributed by atoms with Gasteiger partial charge in [-0.3, -0.25) is 4.79 Å². The molecule has 1 amide bonds. The Morgan fingerprint density at radius 1 is 1.06 bits per heavy atom. The van der Waals surface area contributed by atoms with E-state index < -0.39 is 11.9 Å². The first-order valence-corrected chi connectivity index (χ1v) is 9.99. The first-order chi connectivity index (χ1) is 15.1. The molecule has 0 saturated heterocycles. The summed E-state index contributed by atoms with van der Waals surface area (Å²) in [4.78, 5) is 17.6. The first kappa shape index (κ1) is 21.5. The number of hydrogen-bond donors (Lipinski definition) is 1. The summed E-state index contributed by atoms with van der Waals surface area (Å²) in [5, 5.41) is 11.6. The van der Waals surface area contributed by atoms with E-state index in [1.54, 1.807) is 41.9 Å². The van der Waals surface area contributed by atoms with E-state index in [0.717, 1.165) is 6.07 Å². The lowest BCUT2D eigenvalue weighted by atomic mass is 10.1. The summed E-state index contributed by atoms with van der Waals surface area (Å²) in [5.41, 5.74) is 2.89. The fourth-order valence-corrected chi connectivity index (χ4v) is 3.64. The van der Waals surface area contributed by atoms with Crippen molar-refractivity contribution in [1.82, 2.24) is 24.5 Å². The van der Waals surface area contributed by atoms with Gasteiger partial charge < -0.3 is 5.32 Å². The van der Waals surface area contributed by atoms with Gasteiger partial charge in [0.1, 0.15) is 0 Å². The van der Waals surface area contributed by atoms with Gasteiger partial charge in [-0.05, 0) is 64.1 Å². The smallest absolute Gasteiger partial charge is 0.322 e. The highest BCUT2D eigenvalue weighted by Gasteiger charge is 2.34. The van der Waals surface area contributed by atoms with E-state index in [4.69, 9.17) is 0 Å². The molecule has 0 aliphatic rings. The summed E-state index contributed by atoms with van der Waals surface area (Å²) >= 11 is 0. The van der Waals surface area contributed by atoms with Crippen molar-refractivity contribution in [2.24, 2.45) is 0 Å². The van der Waals surface area contributed by atoms with Gasteiger partial charge in [-0.2, -0.15) is 23.4 Å². The zero-order valence-corrected chi connectivity index (χ0v) is 17.9. The molecule has 0 unspecified atom stereocenters. The van der Waals surface area contributed by atoms with Crippen LogP contribution < -0.4 is 5.32 Å². The molecule has 0 radical (unpaired) electrons. The molecule has 0 saturated carbocycles. The number of aryl methyl sites for hydroxylation is 4. The van der Waals surface area contributed by atoms with E-state index >= 15 is 0 Å². The average molecular weight is 442 g/mol. The van der Waals surface area contributed by atoms with Gasteiger partial charge in [-0.15, -0.1) is 0 Å². The number of nitrogens with one attached hydrogen (secondary N) is 1. The third-order valence-corrected chi connectivity index (χ3v) is 5.10. The molecule has 1 aromatic carbocycles. The van der Waals surface area contributed by atoms with E-state index in [1.807, 2.05) is 20.8 Å². The van der Waals surface area contributed by atoms with Crippen LogP contribution in [0, 0.1) is 20.8 Å². The number of alkyl halides is 3. The lowest BCUT2D eigenvalue weighted by Crippen LogP contribution is -2.13. The highest BCUT2D eigenvalue weighted by atomic mass is 19.4. The maximum absolute atomic E-state index is 13.0. The SMILES string of the molecule is CCn1nc(C)c2c(C(=O)Nc3ccc(-n4nc(C(F)(F)F)cc4C)cc3)cc(C)nc21. The summed E-state index contributed by atoms with van der Waals surface area (Å²) in [5.74, 6) is -0.318. The van der Waals surface area contributed by atoms with Crippen molar-refractivity contribution in [3.8, 4) is 5.69 Å². The second-order valence-corrected chi connectivity index (χ2v) is 7.49. The minimum Gasteiger partial charge on any atom is -0.322 e. The minimum atomic E-state index is -4.51. The molecule has 0 bridgehead atoms. The molecule has 3 heterocycles. The van der Waals surface area contributed by atoms with Crippen LogP contribution in [0.2, 0.25) is 0 Å². The predicted octanol–water partition coefficient (Wildman–Crippen LogP) is 4.83. The van der Waals surface area contributed by atoms with E-state index in [2.05, 4.69) is 20.5 Å². The Labute approximate surface area is 181 Å². The van der Waals surface area contributed by atoms with E-state index in [1.165, 1.54) is 4.68 Å². The van der Waals surface area contributed by atoms with Gasteiger partial charge in [0.25, 0.3) is 5.91 Å². The van der Waals surface area contributed by atoms with Gasteiger partial charge in [0, 0.05) is 23.6 Å². The van der Waals surface area contributed by atoms with Gasteiger partial charge >= 0.3 is 6.18 Å². The zero-order valence-electron chi connectivity index (χ0n) is 17.9. The molecule has 10 heteroatoms. The molecule has 166 valence electrons. The summed E-state index contributed by atoms with van der Waals surface area (Å²) in [7, 11) is 0. The molecular weight excluding hydrogens is 421 g/mol. The van der Waals surface area contributed by atoms with Crippen LogP contribution >= 0.6 is 0 Å². The Kier molecular flexibility index (Phi) is 5.23. The topological polar surface area (TPSA) is 77.6 Å². The Hall–Kier alpha value is -3.69. The number of pyridine rings is 1. The molecule has 0 spiro atoms. The fraction of sp³-hybridized carbons (Fsp3) is 0.273. The van der Waals surface area contributed by atoms with E-state index in [9.17, 15) is 18.0 Å². The number of hydrogen-bond acceptors (Lipinski definition) is 4. The predicted molar refractivity (Wildman–Crippen MR) is 114 cm³/mol. The number of amides is 1. The Morgan fingerprint density at radius 2 is 1.75 bits per heavy atom. The normalized spacial score (nSPS) is 11.8. The number of halogens is 3. The highest BCUT2D eigenvalue weighted by molar-refractivity contribution is 6.12. The number of benzene rings is 1. The number of carbonyl (C=O) groups is 1. The molecule has 4 aromatic rings. The molecule has 3 aromatic heterocycles. The third kappa shape index (κ3) is 3.83. The van der Waals surface area contributed by atoms with Crippen LogP contribution in [0.1, 0.15) is 40.1 Å². The second kappa shape index (κ2) is 7.77. The number of rotatable bonds is 4. The van der Waals surface area contributed by atoms with Crippen LogP contribution in [0.3, 0.4) is 0 Å².